The highest BCUT2D eigenvalue weighted by molar-refractivity contribution is 5.58. The van der Waals surface area contributed by atoms with Crippen LogP contribution in [0.1, 0.15) is 33.4 Å². The lowest BCUT2D eigenvalue weighted by molar-refractivity contribution is 1.04. The molecule has 0 saturated carbocycles. The third-order valence-electron chi connectivity index (χ3n) is 4.99. The van der Waals surface area contributed by atoms with Crippen molar-refractivity contribution in [1.82, 2.24) is 0 Å². The molecule has 3 rings (SSSR count). The van der Waals surface area contributed by atoms with E-state index >= 15 is 0 Å². The number of anilines is 2. The highest BCUT2D eigenvalue weighted by atomic mass is 14.9. The van der Waals surface area contributed by atoms with E-state index < -0.39 is 0 Å². The van der Waals surface area contributed by atoms with Crippen molar-refractivity contribution in [3.05, 3.63) is 94.0 Å². The highest BCUT2D eigenvalue weighted by Gasteiger charge is 2.07. The Hall–Kier alpha value is -2.74. The van der Waals surface area contributed by atoms with Crippen molar-refractivity contribution in [2.24, 2.45) is 0 Å². The minimum atomic E-state index is 0.830. The summed E-state index contributed by atoms with van der Waals surface area (Å²) in [6.07, 6.45) is 0. The lowest BCUT2D eigenvalue weighted by Crippen LogP contribution is -2.09. The molecule has 0 aliphatic rings. The molecule has 26 heavy (non-hydrogen) atoms. The molecule has 0 aromatic heterocycles. The molecule has 0 saturated heterocycles. The molecular weight excluding hydrogens is 316 g/mol. The lowest BCUT2D eigenvalue weighted by Gasteiger charge is -2.17. The molecule has 2 N–H and O–H groups in total. The van der Waals surface area contributed by atoms with E-state index in [0.717, 1.165) is 13.1 Å². The molecule has 0 aliphatic heterocycles. The molecule has 0 aliphatic carbocycles. The maximum atomic E-state index is 3.63. The van der Waals surface area contributed by atoms with Gasteiger partial charge in [-0.25, -0.2) is 0 Å². The number of aryl methyl sites for hydroxylation is 4. The first-order chi connectivity index (χ1) is 12.6. The summed E-state index contributed by atoms with van der Waals surface area (Å²) >= 11 is 0. The summed E-state index contributed by atoms with van der Waals surface area (Å²) < 4.78 is 0. The normalized spacial score (nSPS) is 10.6. The summed E-state index contributed by atoms with van der Waals surface area (Å²) in [6.45, 7) is 10.3. The average Bonchev–Trinajstić information content (AvgIpc) is 2.62. The summed E-state index contributed by atoms with van der Waals surface area (Å²) in [5.74, 6) is 0. The van der Waals surface area contributed by atoms with E-state index in [2.05, 4.69) is 99.0 Å². The maximum Gasteiger partial charge on any atom is 0.0404 e. The number of hydrogen-bond donors (Lipinski definition) is 2. The number of benzene rings is 3. The zero-order valence-electron chi connectivity index (χ0n) is 16.2. The van der Waals surface area contributed by atoms with Crippen LogP contribution in [0.4, 0.5) is 11.4 Å². The van der Waals surface area contributed by atoms with Gasteiger partial charge in [-0.1, -0.05) is 60.7 Å². The first-order valence-electron chi connectivity index (χ1n) is 9.23. The van der Waals surface area contributed by atoms with Gasteiger partial charge in [0.25, 0.3) is 0 Å². The van der Waals surface area contributed by atoms with Crippen molar-refractivity contribution in [1.29, 1.82) is 0 Å². The molecule has 0 atom stereocenters. The second-order valence-corrected chi connectivity index (χ2v) is 7.01. The second kappa shape index (κ2) is 8.09. The SMILES string of the molecule is Cc1cccc(C)c1NCc1ccccc1CNc1c(C)cccc1C. The van der Waals surface area contributed by atoms with Gasteiger partial charge in [0, 0.05) is 24.5 Å². The van der Waals surface area contributed by atoms with Crippen molar-refractivity contribution < 1.29 is 0 Å². The third kappa shape index (κ3) is 4.08. The molecule has 0 amide bonds. The van der Waals surface area contributed by atoms with E-state index in [9.17, 15) is 0 Å². The Labute approximate surface area is 157 Å². The van der Waals surface area contributed by atoms with Crippen LogP contribution in [0.2, 0.25) is 0 Å². The highest BCUT2D eigenvalue weighted by Crippen LogP contribution is 2.23. The van der Waals surface area contributed by atoms with Gasteiger partial charge in [-0.05, 0) is 61.1 Å². The molecule has 3 aromatic carbocycles. The minimum absolute atomic E-state index is 0.830. The molecule has 2 nitrogen and oxygen atoms in total. The first-order valence-corrected chi connectivity index (χ1v) is 9.23. The molecule has 0 heterocycles. The average molecular weight is 345 g/mol. The summed E-state index contributed by atoms with van der Waals surface area (Å²) in [5, 5.41) is 7.26. The van der Waals surface area contributed by atoms with Gasteiger partial charge in [-0.2, -0.15) is 0 Å². The summed E-state index contributed by atoms with van der Waals surface area (Å²) in [6, 6.07) is 21.5. The largest absolute Gasteiger partial charge is 0.381 e. The quantitative estimate of drug-likeness (QED) is 0.561. The predicted molar refractivity (Wildman–Crippen MR) is 113 cm³/mol. The van der Waals surface area contributed by atoms with E-state index in [-0.39, 0.29) is 0 Å². The van der Waals surface area contributed by atoms with Crippen LogP contribution in [-0.2, 0) is 13.1 Å². The number of hydrogen-bond acceptors (Lipinski definition) is 2. The molecule has 0 bridgehead atoms. The summed E-state index contributed by atoms with van der Waals surface area (Å²) in [4.78, 5) is 0. The minimum Gasteiger partial charge on any atom is -0.381 e. The standard InChI is InChI=1S/C24H28N2/c1-17-9-7-10-18(2)23(17)25-15-21-13-5-6-14-22(21)16-26-24-19(3)11-8-12-20(24)4/h5-14,25-26H,15-16H2,1-4H3. The second-order valence-electron chi connectivity index (χ2n) is 7.01. The topological polar surface area (TPSA) is 24.1 Å². The molecule has 2 heteroatoms. The summed E-state index contributed by atoms with van der Waals surface area (Å²) in [5.41, 5.74) is 10.3. The molecule has 3 aromatic rings. The smallest absolute Gasteiger partial charge is 0.0404 e. The Kier molecular flexibility index (Phi) is 5.62. The van der Waals surface area contributed by atoms with Crippen LogP contribution in [-0.4, -0.2) is 0 Å². The van der Waals surface area contributed by atoms with Gasteiger partial charge in [0.15, 0.2) is 0 Å². The van der Waals surface area contributed by atoms with Crippen molar-refractivity contribution in [2.75, 3.05) is 10.6 Å². The van der Waals surface area contributed by atoms with Gasteiger partial charge in [0.05, 0.1) is 0 Å². The summed E-state index contributed by atoms with van der Waals surface area (Å²) in [7, 11) is 0. The zero-order valence-corrected chi connectivity index (χ0v) is 16.2. The fourth-order valence-electron chi connectivity index (χ4n) is 3.46. The van der Waals surface area contributed by atoms with E-state index in [1.807, 2.05) is 0 Å². The first kappa shape index (κ1) is 18.1. The molecule has 0 fully saturated rings. The Morgan fingerprint density at radius 2 is 0.846 bits per heavy atom. The molecule has 0 spiro atoms. The fraction of sp³-hybridized carbons (Fsp3) is 0.250. The van der Waals surface area contributed by atoms with E-state index in [0.29, 0.717) is 0 Å². The van der Waals surface area contributed by atoms with Crippen LogP contribution < -0.4 is 10.6 Å². The molecule has 0 radical (unpaired) electrons. The number of para-hydroxylation sites is 2. The van der Waals surface area contributed by atoms with Gasteiger partial charge in [0.2, 0.25) is 0 Å². The number of rotatable bonds is 6. The van der Waals surface area contributed by atoms with Gasteiger partial charge >= 0.3 is 0 Å². The molecular formula is C24H28N2. The maximum absolute atomic E-state index is 3.63. The van der Waals surface area contributed by atoms with Crippen LogP contribution in [0.3, 0.4) is 0 Å². The van der Waals surface area contributed by atoms with Crippen molar-refractivity contribution in [3.8, 4) is 0 Å². The van der Waals surface area contributed by atoms with E-state index in [4.69, 9.17) is 0 Å². The molecule has 0 unspecified atom stereocenters. The van der Waals surface area contributed by atoms with Gasteiger partial charge < -0.3 is 10.6 Å². The van der Waals surface area contributed by atoms with Gasteiger partial charge in [-0.3, -0.25) is 0 Å². The van der Waals surface area contributed by atoms with Crippen LogP contribution in [0.25, 0.3) is 0 Å². The fourth-order valence-corrected chi connectivity index (χ4v) is 3.46. The van der Waals surface area contributed by atoms with Crippen LogP contribution >= 0.6 is 0 Å². The Bertz CT molecular complexity index is 781. The Morgan fingerprint density at radius 1 is 0.500 bits per heavy atom. The van der Waals surface area contributed by atoms with E-state index in [1.165, 1.54) is 44.8 Å². The van der Waals surface area contributed by atoms with Crippen molar-refractivity contribution in [2.45, 2.75) is 40.8 Å². The Morgan fingerprint density at radius 3 is 1.19 bits per heavy atom. The van der Waals surface area contributed by atoms with E-state index in [1.54, 1.807) is 0 Å². The van der Waals surface area contributed by atoms with Crippen molar-refractivity contribution in [3.63, 3.8) is 0 Å². The number of nitrogens with one attached hydrogen (secondary N) is 2. The monoisotopic (exact) mass is 344 g/mol. The van der Waals surface area contributed by atoms with Crippen molar-refractivity contribution >= 4 is 11.4 Å². The molecule has 134 valence electrons. The Balaban J connectivity index is 1.74. The van der Waals surface area contributed by atoms with Crippen LogP contribution in [0.15, 0.2) is 60.7 Å². The lowest BCUT2D eigenvalue weighted by atomic mass is 10.0. The van der Waals surface area contributed by atoms with Gasteiger partial charge in [0.1, 0.15) is 0 Å². The predicted octanol–water partition coefficient (Wildman–Crippen LogP) is 6.14. The zero-order chi connectivity index (χ0) is 18.5. The van der Waals surface area contributed by atoms with Gasteiger partial charge in [-0.15, -0.1) is 0 Å². The third-order valence-corrected chi connectivity index (χ3v) is 4.99. The van der Waals surface area contributed by atoms with Crippen LogP contribution in [0.5, 0.6) is 0 Å². The van der Waals surface area contributed by atoms with Crippen LogP contribution in [0, 0.1) is 27.7 Å².